The van der Waals surface area contributed by atoms with E-state index in [0.717, 1.165) is 41.1 Å². The molecule has 0 radical (unpaired) electrons. The van der Waals surface area contributed by atoms with E-state index in [4.69, 9.17) is 16.3 Å². The van der Waals surface area contributed by atoms with Gasteiger partial charge in [-0.25, -0.2) is 0 Å². The summed E-state index contributed by atoms with van der Waals surface area (Å²) in [4.78, 5) is 19.8. The average molecular weight is 414 g/mol. The van der Waals surface area contributed by atoms with E-state index in [9.17, 15) is 9.90 Å². The number of rotatable bonds is 6. The molecule has 2 N–H and O–H groups in total. The maximum Gasteiger partial charge on any atom is 0.325 e. The Balaban J connectivity index is 1.50. The molecular formula is C22H24ClN3O3. The van der Waals surface area contributed by atoms with Crippen molar-refractivity contribution >= 4 is 28.5 Å². The van der Waals surface area contributed by atoms with Crippen molar-refractivity contribution in [2.24, 2.45) is 0 Å². The van der Waals surface area contributed by atoms with Crippen LogP contribution in [0.25, 0.3) is 10.9 Å². The number of fused-ring (bicyclic) bond motifs is 1. The van der Waals surface area contributed by atoms with E-state index in [2.05, 4.69) is 16.0 Å². The van der Waals surface area contributed by atoms with Gasteiger partial charge in [-0.1, -0.05) is 35.9 Å². The number of nitrogens with one attached hydrogen (secondary N) is 1. The molecule has 1 fully saturated rings. The highest BCUT2D eigenvalue weighted by Gasteiger charge is 2.32. The van der Waals surface area contributed by atoms with Crippen LogP contribution in [0.5, 0.6) is 5.75 Å². The number of para-hydroxylation sites is 1. The van der Waals surface area contributed by atoms with E-state index in [0.29, 0.717) is 18.8 Å². The van der Waals surface area contributed by atoms with E-state index in [-0.39, 0.29) is 0 Å². The molecule has 1 atom stereocenters. The number of hydrogen-bond donors (Lipinski definition) is 2. The molecule has 0 saturated carbocycles. The number of methoxy groups -OCH3 is 1. The number of H-pyrrole nitrogens is 1. The van der Waals surface area contributed by atoms with Gasteiger partial charge in [0.1, 0.15) is 11.8 Å². The molecule has 0 unspecified atom stereocenters. The van der Waals surface area contributed by atoms with Gasteiger partial charge < -0.3 is 14.8 Å². The number of aliphatic carboxylic acids is 1. The lowest BCUT2D eigenvalue weighted by molar-refractivity contribution is -0.144. The normalized spacial score (nSPS) is 16.8. The minimum Gasteiger partial charge on any atom is -0.495 e. The summed E-state index contributed by atoms with van der Waals surface area (Å²) in [6, 6.07) is 12.9. The zero-order chi connectivity index (χ0) is 20.4. The summed E-state index contributed by atoms with van der Waals surface area (Å²) in [5.74, 6) is -0.124. The third kappa shape index (κ3) is 4.10. The van der Waals surface area contributed by atoms with Gasteiger partial charge in [0, 0.05) is 54.9 Å². The second-order valence-electron chi connectivity index (χ2n) is 7.31. The van der Waals surface area contributed by atoms with Crippen molar-refractivity contribution in [3.05, 3.63) is 64.8 Å². The Morgan fingerprint density at radius 3 is 2.66 bits per heavy atom. The molecule has 1 aliphatic heterocycles. The predicted octanol–water partition coefficient (Wildman–Crippen LogP) is 3.77. The number of aromatic amines is 1. The van der Waals surface area contributed by atoms with Crippen LogP contribution >= 0.6 is 11.6 Å². The maximum absolute atomic E-state index is 12.2. The highest BCUT2D eigenvalue weighted by atomic mass is 35.5. The first-order valence-corrected chi connectivity index (χ1v) is 10.0. The van der Waals surface area contributed by atoms with Crippen molar-refractivity contribution in [3.8, 4) is 5.75 Å². The number of hydrogen-bond acceptors (Lipinski definition) is 4. The molecule has 0 spiro atoms. The zero-order valence-electron chi connectivity index (χ0n) is 16.3. The largest absolute Gasteiger partial charge is 0.495 e. The molecule has 0 bridgehead atoms. The number of halogens is 1. The van der Waals surface area contributed by atoms with Gasteiger partial charge in [-0.15, -0.1) is 0 Å². The van der Waals surface area contributed by atoms with Gasteiger partial charge in [0.2, 0.25) is 0 Å². The molecule has 29 heavy (non-hydrogen) atoms. The monoisotopic (exact) mass is 413 g/mol. The SMILES string of the molecule is COc1cccc2c([C@H](C(=O)O)N3CCN(Cc4cccc(Cl)c4)CC3)c[nH]c12. The minimum absolute atomic E-state index is 0.689. The highest BCUT2D eigenvalue weighted by molar-refractivity contribution is 6.30. The van der Waals surface area contributed by atoms with Crippen LogP contribution in [0.2, 0.25) is 5.02 Å². The van der Waals surface area contributed by atoms with Crippen molar-refractivity contribution in [2.45, 2.75) is 12.6 Å². The molecule has 0 amide bonds. The number of carboxylic acid groups (broad SMARTS) is 1. The van der Waals surface area contributed by atoms with E-state index in [1.807, 2.05) is 41.3 Å². The van der Waals surface area contributed by atoms with Gasteiger partial charge in [-0.2, -0.15) is 0 Å². The Morgan fingerprint density at radius 2 is 1.97 bits per heavy atom. The Labute approximate surface area is 174 Å². The molecule has 6 nitrogen and oxygen atoms in total. The smallest absolute Gasteiger partial charge is 0.325 e. The second kappa shape index (κ2) is 8.45. The van der Waals surface area contributed by atoms with Crippen LogP contribution in [-0.4, -0.2) is 59.1 Å². The third-order valence-electron chi connectivity index (χ3n) is 5.52. The summed E-state index contributed by atoms with van der Waals surface area (Å²) in [6.07, 6.45) is 1.80. The first-order valence-electron chi connectivity index (χ1n) is 9.64. The number of piperazine rings is 1. The quantitative estimate of drug-likeness (QED) is 0.643. The van der Waals surface area contributed by atoms with Gasteiger partial charge in [-0.3, -0.25) is 14.6 Å². The summed E-state index contributed by atoms with van der Waals surface area (Å²) < 4.78 is 5.40. The molecule has 3 aromatic rings. The molecule has 0 aliphatic carbocycles. The molecule has 2 heterocycles. The predicted molar refractivity (Wildman–Crippen MR) is 114 cm³/mol. The van der Waals surface area contributed by atoms with Crippen LogP contribution in [0, 0.1) is 0 Å². The van der Waals surface area contributed by atoms with E-state index in [1.165, 1.54) is 5.56 Å². The number of benzene rings is 2. The summed E-state index contributed by atoms with van der Waals surface area (Å²) in [5, 5.41) is 11.6. The molecular weight excluding hydrogens is 390 g/mol. The van der Waals surface area contributed by atoms with Crippen molar-refractivity contribution in [3.63, 3.8) is 0 Å². The number of carbonyl (C=O) groups is 1. The fraction of sp³-hybridized carbons (Fsp3) is 0.318. The Morgan fingerprint density at radius 1 is 1.21 bits per heavy atom. The van der Waals surface area contributed by atoms with Gasteiger partial charge in [0.25, 0.3) is 0 Å². The Bertz CT molecular complexity index is 1010. The fourth-order valence-electron chi connectivity index (χ4n) is 4.10. The first-order chi connectivity index (χ1) is 14.1. The van der Waals surface area contributed by atoms with Gasteiger partial charge in [-0.05, 0) is 23.8 Å². The zero-order valence-corrected chi connectivity index (χ0v) is 17.0. The summed E-state index contributed by atoms with van der Waals surface area (Å²) in [6.45, 7) is 3.81. The van der Waals surface area contributed by atoms with Crippen LogP contribution < -0.4 is 4.74 Å². The molecule has 7 heteroatoms. The summed E-state index contributed by atoms with van der Waals surface area (Å²) in [5.41, 5.74) is 2.77. The highest BCUT2D eigenvalue weighted by Crippen LogP contribution is 2.33. The minimum atomic E-state index is -0.836. The number of nitrogens with zero attached hydrogens (tertiary/aromatic N) is 2. The van der Waals surface area contributed by atoms with Crippen LogP contribution in [-0.2, 0) is 11.3 Å². The number of aromatic nitrogens is 1. The summed E-state index contributed by atoms with van der Waals surface area (Å²) >= 11 is 6.08. The molecule has 4 rings (SSSR count). The van der Waals surface area contributed by atoms with Crippen LogP contribution in [0.1, 0.15) is 17.2 Å². The van der Waals surface area contributed by atoms with Crippen molar-refractivity contribution in [1.29, 1.82) is 0 Å². The average Bonchev–Trinajstić information content (AvgIpc) is 3.13. The van der Waals surface area contributed by atoms with Gasteiger partial charge in [0.05, 0.1) is 12.6 Å². The standard InChI is InChI=1S/C22H24ClN3O3/c1-29-19-7-3-6-17-18(13-24-20(17)19)21(22(27)28)26-10-8-25(9-11-26)14-15-4-2-5-16(23)12-15/h2-7,12-13,21,24H,8-11,14H2,1H3,(H,27,28)/t21-/m1/s1. The van der Waals surface area contributed by atoms with Crippen molar-refractivity contribution < 1.29 is 14.6 Å². The third-order valence-corrected chi connectivity index (χ3v) is 5.76. The Kier molecular flexibility index (Phi) is 5.76. The molecule has 1 aliphatic rings. The van der Waals surface area contributed by atoms with E-state index in [1.54, 1.807) is 13.3 Å². The van der Waals surface area contributed by atoms with Gasteiger partial charge in [0.15, 0.2) is 0 Å². The molecule has 1 aromatic heterocycles. The molecule has 1 saturated heterocycles. The lowest BCUT2D eigenvalue weighted by atomic mass is 10.0. The molecule has 152 valence electrons. The first kappa shape index (κ1) is 19.8. The lowest BCUT2D eigenvalue weighted by Gasteiger charge is -2.37. The van der Waals surface area contributed by atoms with Crippen molar-refractivity contribution in [1.82, 2.24) is 14.8 Å². The number of carboxylic acids is 1. The van der Waals surface area contributed by atoms with Crippen LogP contribution in [0.15, 0.2) is 48.7 Å². The number of ether oxygens (including phenoxy) is 1. The van der Waals surface area contributed by atoms with Crippen LogP contribution in [0.3, 0.4) is 0 Å². The van der Waals surface area contributed by atoms with Crippen LogP contribution in [0.4, 0.5) is 0 Å². The van der Waals surface area contributed by atoms with Crippen molar-refractivity contribution in [2.75, 3.05) is 33.3 Å². The van der Waals surface area contributed by atoms with Gasteiger partial charge >= 0.3 is 5.97 Å². The fourth-order valence-corrected chi connectivity index (χ4v) is 4.32. The topological polar surface area (TPSA) is 68.8 Å². The second-order valence-corrected chi connectivity index (χ2v) is 7.75. The maximum atomic E-state index is 12.2. The molecule has 2 aromatic carbocycles. The Hall–Kier alpha value is -2.54. The lowest BCUT2D eigenvalue weighted by Crippen LogP contribution is -2.48. The van der Waals surface area contributed by atoms with E-state index >= 15 is 0 Å². The van der Waals surface area contributed by atoms with E-state index < -0.39 is 12.0 Å². The summed E-state index contributed by atoms with van der Waals surface area (Å²) in [7, 11) is 1.61.